The van der Waals surface area contributed by atoms with Crippen LogP contribution in [-0.2, 0) is 6.54 Å². The van der Waals surface area contributed by atoms with E-state index < -0.39 is 0 Å². The molecule has 0 atom stereocenters. The van der Waals surface area contributed by atoms with E-state index in [9.17, 15) is 9.59 Å². The number of rotatable bonds is 4. The Morgan fingerprint density at radius 3 is 2.62 bits per heavy atom. The number of hydrogen-bond acceptors (Lipinski definition) is 6. The van der Waals surface area contributed by atoms with Crippen molar-refractivity contribution in [2.75, 3.05) is 13.1 Å². The first-order chi connectivity index (χ1) is 14.1. The van der Waals surface area contributed by atoms with Crippen molar-refractivity contribution in [1.29, 1.82) is 0 Å². The van der Waals surface area contributed by atoms with Crippen LogP contribution in [0.5, 0.6) is 0 Å². The summed E-state index contributed by atoms with van der Waals surface area (Å²) in [4.78, 5) is 43.7. The van der Waals surface area contributed by atoms with Gasteiger partial charge >= 0.3 is 0 Å². The number of aromatic nitrogens is 5. The van der Waals surface area contributed by atoms with Crippen LogP contribution in [0, 0.1) is 12.8 Å². The van der Waals surface area contributed by atoms with Crippen LogP contribution in [-0.4, -0.2) is 48.4 Å². The van der Waals surface area contributed by atoms with Gasteiger partial charge in [-0.2, -0.15) is 0 Å². The largest absolute Gasteiger partial charge is 0.337 e. The Morgan fingerprint density at radius 1 is 1.14 bits per heavy atom. The van der Waals surface area contributed by atoms with Crippen molar-refractivity contribution in [1.82, 2.24) is 29.4 Å². The standard InChI is InChI=1S/C21H22N6O2/c1-15-10-24-19(12-23-15)21(29)26-7-4-16(5-8-26)13-27-14-25-18(9-20(27)28)17-3-2-6-22-11-17/h2-3,6,9-12,14,16H,4-5,7-8,13H2,1H3. The number of nitrogens with zero attached hydrogens (tertiary/aromatic N) is 6. The second-order valence-corrected chi connectivity index (χ2v) is 7.29. The third-order valence-corrected chi connectivity index (χ3v) is 5.19. The minimum absolute atomic E-state index is 0.0766. The van der Waals surface area contributed by atoms with Crippen LogP contribution >= 0.6 is 0 Å². The first kappa shape index (κ1) is 18.9. The lowest BCUT2D eigenvalue weighted by Gasteiger charge is -2.32. The number of amides is 1. The highest BCUT2D eigenvalue weighted by Gasteiger charge is 2.25. The van der Waals surface area contributed by atoms with Crippen LogP contribution in [0.3, 0.4) is 0 Å². The van der Waals surface area contributed by atoms with Gasteiger partial charge in [-0.1, -0.05) is 0 Å². The van der Waals surface area contributed by atoms with Gasteiger partial charge in [0.25, 0.3) is 11.5 Å². The van der Waals surface area contributed by atoms with Crippen LogP contribution < -0.4 is 5.56 Å². The van der Waals surface area contributed by atoms with Gasteiger partial charge in [0.05, 0.1) is 23.9 Å². The van der Waals surface area contributed by atoms with Gasteiger partial charge in [0.15, 0.2) is 0 Å². The third kappa shape index (κ3) is 4.37. The number of carbonyl (C=O) groups is 1. The van der Waals surface area contributed by atoms with Crippen molar-refractivity contribution in [2.24, 2.45) is 5.92 Å². The van der Waals surface area contributed by atoms with E-state index in [0.29, 0.717) is 36.9 Å². The summed E-state index contributed by atoms with van der Waals surface area (Å²) in [6.07, 6.45) is 9.78. The fourth-order valence-corrected chi connectivity index (χ4v) is 3.50. The maximum Gasteiger partial charge on any atom is 0.274 e. The molecule has 1 fully saturated rings. The molecule has 29 heavy (non-hydrogen) atoms. The van der Waals surface area contributed by atoms with Crippen molar-refractivity contribution >= 4 is 5.91 Å². The molecule has 4 rings (SSSR count). The average molecular weight is 390 g/mol. The summed E-state index contributed by atoms with van der Waals surface area (Å²) in [5.74, 6) is 0.238. The van der Waals surface area contributed by atoms with E-state index in [0.717, 1.165) is 24.1 Å². The van der Waals surface area contributed by atoms with Crippen molar-refractivity contribution in [2.45, 2.75) is 26.3 Å². The SMILES string of the molecule is Cc1cnc(C(=O)N2CCC(Cn3cnc(-c4cccnc4)cc3=O)CC2)cn1. The predicted molar refractivity (Wildman–Crippen MR) is 107 cm³/mol. The Bertz CT molecular complexity index is 1040. The predicted octanol–water partition coefficient (Wildman–Crippen LogP) is 1.96. The first-order valence-corrected chi connectivity index (χ1v) is 9.65. The van der Waals surface area contributed by atoms with Gasteiger partial charge in [0, 0.05) is 49.9 Å². The van der Waals surface area contributed by atoms with Crippen LogP contribution in [0.25, 0.3) is 11.3 Å². The van der Waals surface area contributed by atoms with Crippen LogP contribution in [0.2, 0.25) is 0 Å². The van der Waals surface area contributed by atoms with Crippen molar-refractivity contribution in [3.63, 3.8) is 0 Å². The van der Waals surface area contributed by atoms with Crippen LogP contribution in [0.4, 0.5) is 0 Å². The summed E-state index contributed by atoms with van der Waals surface area (Å²) in [6, 6.07) is 5.25. The quantitative estimate of drug-likeness (QED) is 0.676. The Morgan fingerprint density at radius 2 is 1.97 bits per heavy atom. The Labute approximate surface area is 168 Å². The van der Waals surface area contributed by atoms with Crippen LogP contribution in [0.15, 0.2) is 54.1 Å². The molecule has 1 aliphatic rings. The van der Waals surface area contributed by atoms with E-state index in [2.05, 4.69) is 19.9 Å². The highest BCUT2D eigenvalue weighted by atomic mass is 16.2. The molecule has 4 heterocycles. The van der Waals surface area contributed by atoms with Crippen molar-refractivity contribution in [3.05, 3.63) is 71.1 Å². The zero-order valence-electron chi connectivity index (χ0n) is 16.2. The summed E-state index contributed by atoms with van der Waals surface area (Å²) in [5, 5.41) is 0. The molecule has 3 aromatic heterocycles. The van der Waals surface area contributed by atoms with E-state index in [1.807, 2.05) is 24.0 Å². The molecular formula is C21H22N6O2. The van der Waals surface area contributed by atoms with Gasteiger partial charge in [-0.05, 0) is 37.8 Å². The summed E-state index contributed by atoms with van der Waals surface area (Å²) in [6.45, 7) is 3.74. The number of hydrogen-bond donors (Lipinski definition) is 0. The monoisotopic (exact) mass is 390 g/mol. The molecule has 8 heteroatoms. The first-order valence-electron chi connectivity index (χ1n) is 9.65. The lowest BCUT2D eigenvalue weighted by atomic mass is 9.96. The molecule has 0 saturated carbocycles. The topological polar surface area (TPSA) is 93.9 Å². The molecule has 3 aromatic rings. The average Bonchev–Trinajstić information content (AvgIpc) is 2.76. The van der Waals surface area contributed by atoms with E-state index >= 15 is 0 Å². The normalized spacial score (nSPS) is 14.7. The van der Waals surface area contributed by atoms with E-state index in [4.69, 9.17) is 0 Å². The zero-order chi connectivity index (χ0) is 20.2. The zero-order valence-corrected chi connectivity index (χ0v) is 16.2. The fourth-order valence-electron chi connectivity index (χ4n) is 3.50. The molecule has 1 amide bonds. The molecule has 0 unspecified atom stereocenters. The maximum absolute atomic E-state index is 12.6. The number of carbonyl (C=O) groups excluding carboxylic acids is 1. The van der Waals surface area contributed by atoms with Crippen molar-refractivity contribution in [3.8, 4) is 11.3 Å². The van der Waals surface area contributed by atoms with E-state index in [1.54, 1.807) is 35.6 Å². The van der Waals surface area contributed by atoms with Crippen LogP contribution in [0.1, 0.15) is 29.0 Å². The summed E-state index contributed by atoms with van der Waals surface area (Å²) in [7, 11) is 0. The highest BCUT2D eigenvalue weighted by Crippen LogP contribution is 2.20. The second kappa shape index (κ2) is 8.30. The summed E-state index contributed by atoms with van der Waals surface area (Å²) < 4.78 is 1.65. The Kier molecular flexibility index (Phi) is 5.41. The smallest absolute Gasteiger partial charge is 0.274 e. The summed E-state index contributed by atoms with van der Waals surface area (Å²) >= 11 is 0. The lowest BCUT2D eigenvalue weighted by molar-refractivity contribution is 0.0676. The van der Waals surface area contributed by atoms with E-state index in [-0.39, 0.29) is 11.5 Å². The highest BCUT2D eigenvalue weighted by molar-refractivity contribution is 5.92. The van der Waals surface area contributed by atoms with Gasteiger partial charge in [0.1, 0.15) is 5.69 Å². The van der Waals surface area contributed by atoms with Gasteiger partial charge in [0.2, 0.25) is 0 Å². The molecule has 8 nitrogen and oxygen atoms in total. The second-order valence-electron chi connectivity index (χ2n) is 7.29. The van der Waals surface area contributed by atoms with Gasteiger partial charge in [-0.15, -0.1) is 0 Å². The van der Waals surface area contributed by atoms with Crippen molar-refractivity contribution < 1.29 is 4.79 Å². The molecule has 0 N–H and O–H groups in total. The third-order valence-electron chi connectivity index (χ3n) is 5.19. The van der Waals surface area contributed by atoms with E-state index in [1.165, 1.54) is 6.20 Å². The molecule has 0 radical (unpaired) electrons. The fraction of sp³-hybridized carbons (Fsp3) is 0.333. The number of likely N-dealkylation sites (tertiary alicyclic amines) is 1. The number of pyridine rings is 1. The molecule has 0 spiro atoms. The number of piperidine rings is 1. The Hall–Kier alpha value is -3.42. The minimum atomic E-state index is -0.0874. The van der Waals surface area contributed by atoms with Gasteiger partial charge in [-0.3, -0.25) is 24.1 Å². The molecule has 0 aliphatic carbocycles. The summed E-state index contributed by atoms with van der Waals surface area (Å²) in [5.41, 5.74) is 2.53. The maximum atomic E-state index is 12.6. The Balaban J connectivity index is 1.37. The molecule has 0 bridgehead atoms. The molecule has 148 valence electrons. The molecule has 0 aromatic carbocycles. The molecule has 1 saturated heterocycles. The molecule has 1 aliphatic heterocycles. The lowest BCUT2D eigenvalue weighted by Crippen LogP contribution is -2.40. The van der Waals surface area contributed by atoms with Gasteiger partial charge < -0.3 is 4.90 Å². The van der Waals surface area contributed by atoms with Gasteiger partial charge in [-0.25, -0.2) is 9.97 Å². The minimum Gasteiger partial charge on any atom is -0.337 e. The number of aryl methyl sites for hydroxylation is 1. The molecular weight excluding hydrogens is 368 g/mol.